The van der Waals surface area contributed by atoms with Crippen molar-refractivity contribution in [1.29, 1.82) is 0 Å². The lowest BCUT2D eigenvalue weighted by atomic mass is 10.0. The van der Waals surface area contributed by atoms with Crippen molar-refractivity contribution in [3.63, 3.8) is 0 Å². The smallest absolute Gasteiger partial charge is 0.236 e. The van der Waals surface area contributed by atoms with Crippen LogP contribution in [-0.2, 0) is 21.2 Å². The SMILES string of the molecule is CNS(=O)(=O)CC(=O)N[C@H](C)Cc1ccc(-c2ccccc2)cc1. The van der Waals surface area contributed by atoms with Gasteiger partial charge in [0.1, 0.15) is 5.75 Å². The average Bonchev–Trinajstić information content (AvgIpc) is 2.55. The van der Waals surface area contributed by atoms with Gasteiger partial charge in [-0.05, 0) is 37.1 Å². The summed E-state index contributed by atoms with van der Waals surface area (Å²) in [4.78, 5) is 11.7. The molecule has 0 heterocycles. The number of amides is 1. The second-order valence-corrected chi connectivity index (χ2v) is 7.63. The van der Waals surface area contributed by atoms with Crippen LogP contribution in [0.15, 0.2) is 54.6 Å². The fraction of sp³-hybridized carbons (Fsp3) is 0.278. The number of rotatable bonds is 7. The Labute approximate surface area is 143 Å². The molecular weight excluding hydrogens is 324 g/mol. The number of nitrogens with one attached hydrogen (secondary N) is 2. The summed E-state index contributed by atoms with van der Waals surface area (Å²) < 4.78 is 24.8. The van der Waals surface area contributed by atoms with Crippen molar-refractivity contribution in [3.05, 3.63) is 60.2 Å². The van der Waals surface area contributed by atoms with E-state index in [1.165, 1.54) is 7.05 Å². The van der Waals surface area contributed by atoms with Gasteiger partial charge in [0.2, 0.25) is 15.9 Å². The van der Waals surface area contributed by atoms with Gasteiger partial charge in [-0.1, -0.05) is 54.6 Å². The van der Waals surface area contributed by atoms with Crippen molar-refractivity contribution in [2.24, 2.45) is 0 Å². The Morgan fingerprint density at radius 1 is 1.00 bits per heavy atom. The van der Waals surface area contributed by atoms with Crippen LogP contribution in [0.25, 0.3) is 11.1 Å². The van der Waals surface area contributed by atoms with Crippen LogP contribution in [-0.4, -0.2) is 33.2 Å². The molecular formula is C18H22N2O3S. The quantitative estimate of drug-likeness (QED) is 0.805. The summed E-state index contributed by atoms with van der Waals surface area (Å²) in [6.07, 6.45) is 0.639. The van der Waals surface area contributed by atoms with Crippen molar-refractivity contribution < 1.29 is 13.2 Å². The van der Waals surface area contributed by atoms with Gasteiger partial charge in [0.05, 0.1) is 0 Å². The maximum Gasteiger partial charge on any atom is 0.236 e. The van der Waals surface area contributed by atoms with Gasteiger partial charge in [0.25, 0.3) is 0 Å². The van der Waals surface area contributed by atoms with Crippen molar-refractivity contribution >= 4 is 15.9 Å². The second kappa shape index (κ2) is 8.08. The highest BCUT2D eigenvalue weighted by Crippen LogP contribution is 2.19. The van der Waals surface area contributed by atoms with E-state index in [4.69, 9.17) is 0 Å². The zero-order valence-corrected chi connectivity index (χ0v) is 14.6. The molecule has 0 fully saturated rings. The number of carbonyl (C=O) groups excluding carboxylic acids is 1. The minimum Gasteiger partial charge on any atom is -0.352 e. The third kappa shape index (κ3) is 5.47. The molecule has 24 heavy (non-hydrogen) atoms. The lowest BCUT2D eigenvalue weighted by Gasteiger charge is -2.14. The molecule has 2 aromatic carbocycles. The minimum absolute atomic E-state index is 0.146. The molecule has 0 aromatic heterocycles. The Bertz CT molecular complexity index is 772. The summed E-state index contributed by atoms with van der Waals surface area (Å²) in [7, 11) is -2.24. The Balaban J connectivity index is 1.92. The van der Waals surface area contributed by atoms with Crippen LogP contribution >= 0.6 is 0 Å². The number of hydrogen-bond acceptors (Lipinski definition) is 3. The first-order valence-electron chi connectivity index (χ1n) is 7.74. The zero-order valence-electron chi connectivity index (χ0n) is 13.8. The van der Waals surface area contributed by atoms with Gasteiger partial charge in [-0.2, -0.15) is 0 Å². The lowest BCUT2D eigenvalue weighted by Crippen LogP contribution is -2.40. The molecule has 0 aliphatic heterocycles. The van der Waals surface area contributed by atoms with Crippen molar-refractivity contribution in [2.75, 3.05) is 12.8 Å². The summed E-state index contributed by atoms with van der Waals surface area (Å²) in [5.74, 6) is -1.06. The normalized spacial score (nSPS) is 12.6. The average molecular weight is 346 g/mol. The summed E-state index contributed by atoms with van der Waals surface area (Å²) in [6.45, 7) is 1.86. The van der Waals surface area contributed by atoms with Crippen LogP contribution in [0, 0.1) is 0 Å². The van der Waals surface area contributed by atoms with E-state index in [9.17, 15) is 13.2 Å². The fourth-order valence-corrected chi connectivity index (χ4v) is 3.00. The van der Waals surface area contributed by atoms with Crippen LogP contribution in [0.4, 0.5) is 0 Å². The molecule has 0 unspecified atom stereocenters. The molecule has 1 amide bonds. The predicted octanol–water partition coefficient (Wildman–Crippen LogP) is 1.95. The van der Waals surface area contributed by atoms with E-state index in [0.717, 1.165) is 16.7 Å². The number of sulfonamides is 1. The Morgan fingerprint density at radius 2 is 1.58 bits per heavy atom. The summed E-state index contributed by atoms with van der Waals surface area (Å²) >= 11 is 0. The fourth-order valence-electron chi connectivity index (χ4n) is 2.43. The highest BCUT2D eigenvalue weighted by Gasteiger charge is 2.16. The van der Waals surface area contributed by atoms with Crippen molar-refractivity contribution in [1.82, 2.24) is 10.0 Å². The molecule has 2 N–H and O–H groups in total. The molecule has 5 nitrogen and oxygen atoms in total. The Morgan fingerprint density at radius 3 is 2.17 bits per heavy atom. The summed E-state index contributed by atoms with van der Waals surface area (Å²) in [5.41, 5.74) is 3.37. The van der Waals surface area contributed by atoms with E-state index in [0.29, 0.717) is 6.42 Å². The van der Waals surface area contributed by atoms with Crippen LogP contribution in [0.3, 0.4) is 0 Å². The number of benzene rings is 2. The van der Waals surface area contributed by atoms with Gasteiger partial charge < -0.3 is 5.32 Å². The third-order valence-electron chi connectivity index (χ3n) is 3.64. The van der Waals surface area contributed by atoms with E-state index in [-0.39, 0.29) is 6.04 Å². The van der Waals surface area contributed by atoms with Gasteiger partial charge in [-0.15, -0.1) is 0 Å². The van der Waals surface area contributed by atoms with Crippen molar-refractivity contribution in [2.45, 2.75) is 19.4 Å². The van der Waals surface area contributed by atoms with Crippen molar-refractivity contribution in [3.8, 4) is 11.1 Å². The summed E-state index contributed by atoms with van der Waals surface area (Å²) in [5, 5.41) is 2.71. The number of carbonyl (C=O) groups is 1. The molecule has 2 rings (SSSR count). The highest BCUT2D eigenvalue weighted by atomic mass is 32.2. The van der Waals surface area contributed by atoms with Gasteiger partial charge in [-0.3, -0.25) is 4.79 Å². The molecule has 128 valence electrons. The van der Waals surface area contributed by atoms with Crippen LogP contribution < -0.4 is 10.0 Å². The van der Waals surface area contributed by atoms with Gasteiger partial charge >= 0.3 is 0 Å². The first kappa shape index (κ1) is 18.2. The molecule has 0 aliphatic carbocycles. The van der Waals surface area contributed by atoms with Crippen LogP contribution in [0.5, 0.6) is 0 Å². The second-order valence-electron chi connectivity index (χ2n) is 5.70. The predicted molar refractivity (Wildman–Crippen MR) is 96.0 cm³/mol. The largest absolute Gasteiger partial charge is 0.352 e. The standard InChI is InChI=1S/C18H22N2O3S/c1-14(20-18(21)13-24(22,23)19-2)12-15-8-10-17(11-9-15)16-6-4-3-5-7-16/h3-11,14,19H,12-13H2,1-2H3,(H,20,21)/t14-/m1/s1. The first-order chi connectivity index (χ1) is 11.4. The minimum atomic E-state index is -3.54. The van der Waals surface area contributed by atoms with E-state index in [2.05, 4.69) is 22.2 Å². The molecule has 0 spiro atoms. The molecule has 0 saturated heterocycles. The van der Waals surface area contributed by atoms with E-state index in [1.807, 2.05) is 49.4 Å². The topological polar surface area (TPSA) is 75.3 Å². The van der Waals surface area contributed by atoms with Crippen LogP contribution in [0.1, 0.15) is 12.5 Å². The van der Waals surface area contributed by atoms with Crippen LogP contribution in [0.2, 0.25) is 0 Å². The third-order valence-corrected chi connectivity index (χ3v) is 4.91. The molecule has 1 atom stereocenters. The van der Waals surface area contributed by atoms with Gasteiger partial charge in [0, 0.05) is 6.04 Å². The number of hydrogen-bond donors (Lipinski definition) is 2. The Kier molecular flexibility index (Phi) is 6.11. The molecule has 0 radical (unpaired) electrons. The van der Waals surface area contributed by atoms with E-state index < -0.39 is 21.7 Å². The highest BCUT2D eigenvalue weighted by molar-refractivity contribution is 7.90. The monoisotopic (exact) mass is 346 g/mol. The lowest BCUT2D eigenvalue weighted by molar-refractivity contribution is -0.119. The van der Waals surface area contributed by atoms with E-state index >= 15 is 0 Å². The molecule has 0 bridgehead atoms. The zero-order chi connectivity index (χ0) is 17.6. The van der Waals surface area contributed by atoms with Gasteiger partial charge in [-0.25, -0.2) is 13.1 Å². The molecule has 6 heteroatoms. The maximum atomic E-state index is 11.7. The summed E-state index contributed by atoms with van der Waals surface area (Å²) in [6, 6.07) is 18.1. The van der Waals surface area contributed by atoms with E-state index in [1.54, 1.807) is 0 Å². The Hall–Kier alpha value is -2.18. The molecule has 0 aliphatic rings. The molecule has 2 aromatic rings. The van der Waals surface area contributed by atoms with Gasteiger partial charge in [0.15, 0.2) is 0 Å². The molecule has 0 saturated carbocycles. The first-order valence-corrected chi connectivity index (χ1v) is 9.40. The maximum absolute atomic E-state index is 11.7.